The molecule has 17 heavy (non-hydrogen) atoms. The van der Waals surface area contributed by atoms with E-state index in [9.17, 15) is 0 Å². The number of halogens is 1. The number of hydrogen-bond acceptors (Lipinski definition) is 5. The van der Waals surface area contributed by atoms with E-state index in [1.165, 1.54) is 6.20 Å². The van der Waals surface area contributed by atoms with E-state index in [1.807, 2.05) is 0 Å². The molecule has 0 saturated heterocycles. The largest absolute Gasteiger partial charge is 0.397 e. The van der Waals surface area contributed by atoms with E-state index in [1.54, 1.807) is 29.2 Å². The molecule has 3 heterocycles. The van der Waals surface area contributed by atoms with Gasteiger partial charge >= 0.3 is 0 Å². The third kappa shape index (κ3) is 1.58. The first-order valence-corrected chi connectivity index (χ1v) is 5.20. The Hall–Kier alpha value is -2.21. The SMILES string of the molecule is Nc1cnc(-n2nnc3cnccc32)c(Cl)c1. The van der Waals surface area contributed by atoms with Gasteiger partial charge in [-0.05, 0) is 12.1 Å². The highest BCUT2D eigenvalue weighted by molar-refractivity contribution is 6.32. The van der Waals surface area contributed by atoms with Gasteiger partial charge in [0, 0.05) is 6.20 Å². The molecule has 0 aliphatic heterocycles. The van der Waals surface area contributed by atoms with E-state index in [0.717, 1.165) is 5.52 Å². The molecule has 0 aromatic carbocycles. The van der Waals surface area contributed by atoms with Gasteiger partial charge in [0.25, 0.3) is 0 Å². The van der Waals surface area contributed by atoms with E-state index < -0.39 is 0 Å². The zero-order valence-electron chi connectivity index (χ0n) is 8.58. The maximum Gasteiger partial charge on any atom is 0.174 e. The molecule has 0 fully saturated rings. The molecular weight excluding hydrogens is 240 g/mol. The van der Waals surface area contributed by atoms with Gasteiger partial charge < -0.3 is 5.73 Å². The van der Waals surface area contributed by atoms with Crippen LogP contribution >= 0.6 is 11.6 Å². The molecule has 0 aliphatic carbocycles. The van der Waals surface area contributed by atoms with Crippen molar-refractivity contribution in [1.82, 2.24) is 25.0 Å². The summed E-state index contributed by atoms with van der Waals surface area (Å²) in [5.41, 5.74) is 7.57. The van der Waals surface area contributed by atoms with Crippen molar-refractivity contribution >= 4 is 28.3 Å². The summed E-state index contributed by atoms with van der Waals surface area (Å²) in [5, 5.41) is 8.40. The molecule has 2 N–H and O–H groups in total. The lowest BCUT2D eigenvalue weighted by atomic mass is 10.4. The van der Waals surface area contributed by atoms with E-state index in [-0.39, 0.29) is 0 Å². The van der Waals surface area contributed by atoms with E-state index >= 15 is 0 Å². The smallest absolute Gasteiger partial charge is 0.174 e. The monoisotopic (exact) mass is 246 g/mol. The van der Waals surface area contributed by atoms with Crippen molar-refractivity contribution in [2.75, 3.05) is 5.73 Å². The number of pyridine rings is 2. The maximum atomic E-state index is 6.07. The molecule has 0 unspecified atom stereocenters. The van der Waals surface area contributed by atoms with E-state index in [4.69, 9.17) is 17.3 Å². The molecule has 0 bridgehead atoms. The summed E-state index contributed by atoms with van der Waals surface area (Å²) < 4.78 is 1.55. The first-order valence-electron chi connectivity index (χ1n) is 4.82. The molecule has 3 aromatic heterocycles. The highest BCUT2D eigenvalue weighted by Crippen LogP contribution is 2.22. The van der Waals surface area contributed by atoms with E-state index in [2.05, 4.69) is 20.3 Å². The first kappa shape index (κ1) is 9.98. The fraction of sp³-hybridized carbons (Fsp3) is 0. The van der Waals surface area contributed by atoms with Gasteiger partial charge in [-0.3, -0.25) is 4.98 Å². The van der Waals surface area contributed by atoms with Crippen LogP contribution in [0.15, 0.2) is 30.7 Å². The van der Waals surface area contributed by atoms with Crippen LogP contribution in [0.5, 0.6) is 0 Å². The van der Waals surface area contributed by atoms with Gasteiger partial charge in [0.1, 0.15) is 5.52 Å². The second-order valence-corrected chi connectivity index (χ2v) is 3.85. The molecule has 3 aromatic rings. The molecular formula is C10H7ClN6. The number of rotatable bonds is 1. The summed E-state index contributed by atoms with van der Waals surface area (Å²) in [6, 6.07) is 3.42. The van der Waals surface area contributed by atoms with Crippen LogP contribution in [-0.2, 0) is 0 Å². The number of aromatic nitrogens is 5. The second kappa shape index (κ2) is 3.67. The van der Waals surface area contributed by atoms with Crippen LogP contribution in [0.25, 0.3) is 16.9 Å². The van der Waals surface area contributed by atoms with Gasteiger partial charge in [0.15, 0.2) is 5.82 Å². The topological polar surface area (TPSA) is 82.5 Å². The van der Waals surface area contributed by atoms with Crippen LogP contribution in [0.1, 0.15) is 0 Å². The Balaban J connectivity index is 2.27. The predicted molar refractivity (Wildman–Crippen MR) is 63.9 cm³/mol. The number of nitrogens with zero attached hydrogens (tertiary/aromatic N) is 5. The molecule has 0 spiro atoms. The van der Waals surface area contributed by atoms with Gasteiger partial charge in [-0.15, -0.1) is 5.10 Å². The third-order valence-electron chi connectivity index (χ3n) is 2.29. The molecule has 6 nitrogen and oxygen atoms in total. The molecule has 0 radical (unpaired) electrons. The number of hydrogen-bond donors (Lipinski definition) is 1. The average Bonchev–Trinajstić information content (AvgIpc) is 2.73. The van der Waals surface area contributed by atoms with Crippen molar-refractivity contribution < 1.29 is 0 Å². The quantitative estimate of drug-likeness (QED) is 0.703. The molecule has 0 saturated carbocycles. The summed E-state index contributed by atoms with van der Waals surface area (Å²) in [5.74, 6) is 0.495. The Bertz CT molecular complexity index is 692. The number of nitrogen functional groups attached to an aromatic ring is 1. The normalized spacial score (nSPS) is 10.9. The third-order valence-corrected chi connectivity index (χ3v) is 2.57. The van der Waals surface area contributed by atoms with Gasteiger partial charge in [-0.1, -0.05) is 16.8 Å². The van der Waals surface area contributed by atoms with Crippen LogP contribution in [0.2, 0.25) is 5.02 Å². The highest BCUT2D eigenvalue weighted by atomic mass is 35.5. The van der Waals surface area contributed by atoms with Gasteiger partial charge in [0.05, 0.1) is 28.6 Å². The fourth-order valence-electron chi connectivity index (χ4n) is 1.53. The fourth-order valence-corrected chi connectivity index (χ4v) is 1.79. The van der Waals surface area contributed by atoms with Crippen molar-refractivity contribution in [3.05, 3.63) is 35.7 Å². The van der Waals surface area contributed by atoms with Crippen LogP contribution in [0, 0.1) is 0 Å². The summed E-state index contributed by atoms with van der Waals surface area (Å²) in [7, 11) is 0. The number of nitrogens with two attached hydrogens (primary N) is 1. The van der Waals surface area contributed by atoms with Gasteiger partial charge in [-0.2, -0.15) is 4.68 Å². The lowest BCUT2D eigenvalue weighted by molar-refractivity contribution is 0.802. The summed E-state index contributed by atoms with van der Waals surface area (Å²) in [4.78, 5) is 8.12. The van der Waals surface area contributed by atoms with Crippen LogP contribution < -0.4 is 5.73 Å². The van der Waals surface area contributed by atoms with Crippen molar-refractivity contribution in [1.29, 1.82) is 0 Å². The minimum atomic E-state index is 0.425. The number of fused-ring (bicyclic) bond motifs is 1. The van der Waals surface area contributed by atoms with Crippen LogP contribution in [0.3, 0.4) is 0 Å². The van der Waals surface area contributed by atoms with Gasteiger partial charge in [0.2, 0.25) is 0 Å². The van der Waals surface area contributed by atoms with Crippen molar-refractivity contribution in [3.8, 4) is 5.82 Å². The lowest BCUT2D eigenvalue weighted by Gasteiger charge is -2.03. The standard InChI is InChI=1S/C10H7ClN6/c11-7-3-6(12)4-14-10(7)17-9-1-2-13-5-8(9)15-16-17/h1-5H,12H2. The highest BCUT2D eigenvalue weighted by Gasteiger charge is 2.10. The van der Waals surface area contributed by atoms with Crippen LogP contribution in [-0.4, -0.2) is 25.0 Å². The summed E-state index contributed by atoms with van der Waals surface area (Å²) >= 11 is 6.07. The predicted octanol–water partition coefficient (Wildman–Crippen LogP) is 1.45. The number of anilines is 1. The van der Waals surface area contributed by atoms with Crippen molar-refractivity contribution in [2.45, 2.75) is 0 Å². The zero-order chi connectivity index (χ0) is 11.8. The molecule has 0 amide bonds. The Kier molecular flexibility index (Phi) is 2.15. The summed E-state index contributed by atoms with van der Waals surface area (Å²) in [6.45, 7) is 0. The Morgan fingerprint density at radius 1 is 1.29 bits per heavy atom. The maximum absolute atomic E-state index is 6.07. The Morgan fingerprint density at radius 3 is 3.00 bits per heavy atom. The zero-order valence-corrected chi connectivity index (χ0v) is 9.33. The molecule has 84 valence electrons. The lowest BCUT2D eigenvalue weighted by Crippen LogP contribution is -2.01. The first-order chi connectivity index (χ1) is 8.25. The van der Waals surface area contributed by atoms with Gasteiger partial charge in [-0.25, -0.2) is 4.98 Å². The van der Waals surface area contributed by atoms with Crippen LogP contribution in [0.4, 0.5) is 5.69 Å². The second-order valence-electron chi connectivity index (χ2n) is 3.44. The minimum absolute atomic E-state index is 0.425. The Morgan fingerprint density at radius 2 is 2.18 bits per heavy atom. The van der Waals surface area contributed by atoms with Crippen molar-refractivity contribution in [2.24, 2.45) is 0 Å². The molecule has 3 rings (SSSR count). The minimum Gasteiger partial charge on any atom is -0.397 e. The Labute approximate surface area is 101 Å². The molecule has 0 atom stereocenters. The summed E-state index contributed by atoms with van der Waals surface area (Å²) in [6.07, 6.45) is 4.81. The van der Waals surface area contributed by atoms with Crippen molar-refractivity contribution in [3.63, 3.8) is 0 Å². The molecule has 0 aliphatic rings. The average molecular weight is 247 g/mol. The van der Waals surface area contributed by atoms with E-state index in [0.29, 0.717) is 22.0 Å². The molecule has 7 heteroatoms.